The molecule has 2 N–H and O–H groups in total. The molecule has 0 spiro atoms. The van der Waals surface area contributed by atoms with Crippen LogP contribution in [0, 0.1) is 23.7 Å². The summed E-state index contributed by atoms with van der Waals surface area (Å²) in [5.74, 6) is -0.726. The van der Waals surface area contributed by atoms with Crippen LogP contribution in [0.1, 0.15) is 43.2 Å². The normalized spacial score (nSPS) is 17.2. The summed E-state index contributed by atoms with van der Waals surface area (Å²) in [7, 11) is 0. The van der Waals surface area contributed by atoms with Crippen LogP contribution in [0.2, 0.25) is 0 Å². The summed E-state index contributed by atoms with van der Waals surface area (Å²) in [6.45, 7) is 2.35. The van der Waals surface area contributed by atoms with Crippen LogP contribution >= 0.6 is 0 Å². The van der Waals surface area contributed by atoms with E-state index in [0.29, 0.717) is 24.9 Å². The molecule has 0 heterocycles. The number of carboxylic acid groups (broad SMARTS) is 1. The van der Waals surface area contributed by atoms with E-state index >= 15 is 0 Å². The lowest BCUT2D eigenvalue weighted by Gasteiger charge is -2.33. The fourth-order valence-electron chi connectivity index (χ4n) is 2.86. The highest BCUT2D eigenvalue weighted by atomic mass is 16.4. The Morgan fingerprint density at radius 1 is 1.40 bits per heavy atom. The molecule has 1 fully saturated rings. The van der Waals surface area contributed by atoms with E-state index in [9.17, 15) is 9.90 Å². The highest BCUT2D eigenvalue weighted by molar-refractivity contribution is 5.76. The molecule has 0 aromatic heterocycles. The topological polar surface area (TPSA) is 73.1 Å². The molecule has 2 rings (SSSR count). The molecule has 1 aromatic rings. The summed E-state index contributed by atoms with van der Waals surface area (Å²) in [6.07, 6.45) is 4.47. The molecule has 0 aliphatic heterocycles. The largest absolute Gasteiger partial charge is 0.481 e. The van der Waals surface area contributed by atoms with Gasteiger partial charge in [0.25, 0.3) is 0 Å². The molecule has 4 nitrogen and oxygen atoms in total. The number of aliphatic carboxylic acids is 1. The van der Waals surface area contributed by atoms with Crippen LogP contribution in [-0.4, -0.2) is 17.6 Å². The van der Waals surface area contributed by atoms with E-state index in [2.05, 4.69) is 11.4 Å². The van der Waals surface area contributed by atoms with Crippen molar-refractivity contribution in [1.29, 1.82) is 5.26 Å². The van der Waals surface area contributed by atoms with Gasteiger partial charge in [-0.15, -0.1) is 0 Å². The Morgan fingerprint density at radius 2 is 2.10 bits per heavy atom. The summed E-state index contributed by atoms with van der Waals surface area (Å²) in [6, 6.07) is 7.70. The van der Waals surface area contributed by atoms with Crippen LogP contribution in [0.5, 0.6) is 0 Å². The Hall–Kier alpha value is -2.02. The quantitative estimate of drug-likeness (QED) is 0.882. The summed E-state index contributed by atoms with van der Waals surface area (Å²) >= 11 is 0. The van der Waals surface area contributed by atoms with Crippen LogP contribution in [0.25, 0.3) is 0 Å². The van der Waals surface area contributed by atoms with Crippen LogP contribution in [0.4, 0.5) is 5.69 Å². The zero-order chi connectivity index (χ0) is 14.6. The van der Waals surface area contributed by atoms with Crippen molar-refractivity contribution in [2.75, 3.05) is 11.9 Å². The molecule has 1 aliphatic carbocycles. The molecular weight excluding hydrogens is 252 g/mol. The Labute approximate surface area is 119 Å². The van der Waals surface area contributed by atoms with Gasteiger partial charge in [0.2, 0.25) is 0 Å². The second-order valence-electron chi connectivity index (χ2n) is 5.66. The lowest BCUT2D eigenvalue weighted by molar-refractivity contribution is -0.150. The predicted molar refractivity (Wildman–Crippen MR) is 77.5 cm³/mol. The van der Waals surface area contributed by atoms with E-state index in [4.69, 9.17) is 5.26 Å². The van der Waals surface area contributed by atoms with Crippen LogP contribution < -0.4 is 5.32 Å². The molecule has 0 amide bonds. The molecular formula is C16H20N2O2. The molecule has 1 aromatic carbocycles. The fraction of sp³-hybridized carbons (Fsp3) is 0.500. The Kier molecular flexibility index (Phi) is 4.29. The summed E-state index contributed by atoms with van der Waals surface area (Å²) in [4.78, 5) is 11.6. The molecule has 1 aliphatic rings. The number of anilines is 1. The average molecular weight is 272 g/mol. The molecule has 20 heavy (non-hydrogen) atoms. The van der Waals surface area contributed by atoms with Crippen molar-refractivity contribution in [3.8, 4) is 6.07 Å². The number of nitriles is 1. The first-order chi connectivity index (χ1) is 9.57. The number of nitrogens with zero attached hydrogens (tertiary/aromatic N) is 1. The monoisotopic (exact) mass is 272 g/mol. The van der Waals surface area contributed by atoms with Crippen molar-refractivity contribution >= 4 is 11.7 Å². The van der Waals surface area contributed by atoms with Gasteiger partial charge in [0.15, 0.2) is 0 Å². The minimum atomic E-state index is -0.726. The van der Waals surface area contributed by atoms with Gasteiger partial charge < -0.3 is 10.4 Å². The molecule has 0 unspecified atom stereocenters. The van der Waals surface area contributed by atoms with Gasteiger partial charge >= 0.3 is 5.97 Å². The minimum absolute atomic E-state index is 0.389. The molecule has 0 saturated heterocycles. The van der Waals surface area contributed by atoms with Gasteiger partial charge in [0, 0.05) is 6.54 Å². The highest BCUT2D eigenvalue weighted by Gasteiger charge is 2.39. The van der Waals surface area contributed by atoms with Crippen LogP contribution in [-0.2, 0) is 4.79 Å². The number of aryl methyl sites for hydroxylation is 1. The molecule has 106 valence electrons. The minimum Gasteiger partial charge on any atom is -0.481 e. The van der Waals surface area contributed by atoms with Crippen molar-refractivity contribution in [2.24, 2.45) is 5.41 Å². The zero-order valence-electron chi connectivity index (χ0n) is 11.8. The second-order valence-corrected chi connectivity index (χ2v) is 5.66. The standard InChI is InChI=1S/C16H20N2O2/c1-12-5-6-13(10-17)14(9-12)18-11-16(15(19)20)7-3-2-4-8-16/h5-6,9,18H,2-4,7-8,11H2,1H3,(H,19,20). The van der Waals surface area contributed by atoms with Crippen molar-refractivity contribution in [1.82, 2.24) is 0 Å². The van der Waals surface area contributed by atoms with Gasteiger partial charge in [-0.25, -0.2) is 0 Å². The number of nitrogens with one attached hydrogen (secondary N) is 1. The summed E-state index contributed by atoms with van der Waals surface area (Å²) in [5.41, 5.74) is 1.67. The van der Waals surface area contributed by atoms with Crippen molar-refractivity contribution in [2.45, 2.75) is 39.0 Å². The predicted octanol–water partition coefficient (Wildman–Crippen LogP) is 3.31. The first-order valence-electron chi connectivity index (χ1n) is 7.05. The van der Waals surface area contributed by atoms with Gasteiger partial charge in [-0.2, -0.15) is 5.26 Å². The Morgan fingerprint density at radius 3 is 2.70 bits per heavy atom. The first-order valence-corrected chi connectivity index (χ1v) is 7.05. The lowest BCUT2D eigenvalue weighted by Crippen LogP contribution is -2.39. The Balaban J connectivity index is 2.16. The summed E-state index contributed by atoms with van der Waals surface area (Å²) < 4.78 is 0. The molecule has 0 radical (unpaired) electrons. The van der Waals surface area contributed by atoms with Crippen molar-refractivity contribution in [3.05, 3.63) is 29.3 Å². The van der Waals surface area contributed by atoms with E-state index in [1.165, 1.54) is 0 Å². The third-order valence-corrected chi connectivity index (χ3v) is 4.18. The molecule has 0 atom stereocenters. The van der Waals surface area contributed by atoms with Gasteiger partial charge in [-0.1, -0.05) is 25.3 Å². The number of carbonyl (C=O) groups is 1. The van der Waals surface area contributed by atoms with E-state index in [1.807, 2.05) is 19.1 Å². The van der Waals surface area contributed by atoms with E-state index in [0.717, 1.165) is 30.5 Å². The maximum atomic E-state index is 11.6. The number of benzene rings is 1. The number of carboxylic acids is 1. The molecule has 1 saturated carbocycles. The first kappa shape index (κ1) is 14.4. The van der Waals surface area contributed by atoms with Gasteiger partial charge in [0.05, 0.1) is 16.7 Å². The third kappa shape index (κ3) is 2.93. The number of hydrogen-bond donors (Lipinski definition) is 2. The van der Waals surface area contributed by atoms with Crippen LogP contribution in [0.15, 0.2) is 18.2 Å². The summed E-state index contributed by atoms with van der Waals surface area (Å²) in [5, 5.41) is 21.8. The van der Waals surface area contributed by atoms with Gasteiger partial charge in [0.1, 0.15) is 6.07 Å². The van der Waals surface area contributed by atoms with Crippen LogP contribution in [0.3, 0.4) is 0 Å². The van der Waals surface area contributed by atoms with Crippen molar-refractivity contribution in [3.63, 3.8) is 0 Å². The lowest BCUT2D eigenvalue weighted by atomic mass is 9.74. The maximum absolute atomic E-state index is 11.6. The molecule has 4 heteroatoms. The molecule has 0 bridgehead atoms. The second kappa shape index (κ2) is 5.96. The van der Waals surface area contributed by atoms with E-state index in [-0.39, 0.29) is 0 Å². The third-order valence-electron chi connectivity index (χ3n) is 4.18. The zero-order valence-corrected chi connectivity index (χ0v) is 11.8. The van der Waals surface area contributed by atoms with Gasteiger partial charge in [-0.05, 0) is 37.5 Å². The smallest absolute Gasteiger partial charge is 0.311 e. The average Bonchev–Trinajstić information content (AvgIpc) is 2.46. The van der Waals surface area contributed by atoms with E-state index < -0.39 is 11.4 Å². The number of hydrogen-bond acceptors (Lipinski definition) is 3. The maximum Gasteiger partial charge on any atom is 0.311 e. The Bertz CT molecular complexity index is 540. The highest BCUT2D eigenvalue weighted by Crippen LogP contribution is 2.37. The van der Waals surface area contributed by atoms with E-state index in [1.54, 1.807) is 6.07 Å². The van der Waals surface area contributed by atoms with Crippen molar-refractivity contribution < 1.29 is 9.90 Å². The fourth-order valence-corrected chi connectivity index (χ4v) is 2.86. The van der Waals surface area contributed by atoms with Gasteiger partial charge in [-0.3, -0.25) is 4.79 Å². The number of rotatable bonds is 4. The SMILES string of the molecule is Cc1ccc(C#N)c(NCC2(C(=O)O)CCCCC2)c1.